The highest BCUT2D eigenvalue weighted by Gasteiger charge is 1.99. The molecule has 0 unspecified atom stereocenters. The van der Waals surface area contributed by atoms with E-state index in [-0.39, 0.29) is 0 Å². The molecular weight excluding hydrogens is 242 g/mol. The Labute approximate surface area is 103 Å². The first-order chi connectivity index (χ1) is 7.74. The second-order valence-electron chi connectivity index (χ2n) is 3.50. The molecule has 0 radical (unpaired) electrons. The van der Waals surface area contributed by atoms with Crippen LogP contribution in [-0.2, 0) is 6.42 Å². The second-order valence-corrected chi connectivity index (χ2v) is 5.30. The van der Waals surface area contributed by atoms with E-state index in [4.69, 9.17) is 11.6 Å². The Morgan fingerprint density at radius 3 is 3.00 bits per heavy atom. The summed E-state index contributed by atoms with van der Waals surface area (Å²) < 4.78 is 0.838. The first-order valence-electron chi connectivity index (χ1n) is 5.01. The third-order valence-electron chi connectivity index (χ3n) is 2.10. The van der Waals surface area contributed by atoms with Crippen LogP contribution in [0.3, 0.4) is 0 Å². The van der Waals surface area contributed by atoms with Gasteiger partial charge in [-0.25, -0.2) is 0 Å². The number of nitrogens with one attached hydrogen (secondary N) is 1. The normalized spacial score (nSPS) is 10.4. The maximum absolute atomic E-state index is 5.85. The van der Waals surface area contributed by atoms with Crippen molar-refractivity contribution in [3.05, 3.63) is 39.2 Å². The smallest absolute Gasteiger partial charge is 0.148 e. The van der Waals surface area contributed by atoms with Gasteiger partial charge in [-0.2, -0.15) is 5.10 Å². The molecule has 2 heterocycles. The minimum Gasteiger partial charge on any atom is -0.368 e. The third-order valence-corrected chi connectivity index (χ3v) is 3.39. The molecule has 5 heteroatoms. The Morgan fingerprint density at radius 2 is 2.31 bits per heavy atom. The van der Waals surface area contributed by atoms with Gasteiger partial charge in [0.2, 0.25) is 0 Å². The highest BCUT2D eigenvalue weighted by atomic mass is 35.5. The number of hydrogen-bond acceptors (Lipinski definition) is 4. The van der Waals surface area contributed by atoms with Crippen molar-refractivity contribution in [2.24, 2.45) is 0 Å². The SMILES string of the molecule is Cc1cnnc(NCCc2ccc(Cl)s2)c1. The van der Waals surface area contributed by atoms with E-state index in [1.165, 1.54) is 4.88 Å². The zero-order chi connectivity index (χ0) is 11.4. The number of anilines is 1. The molecule has 16 heavy (non-hydrogen) atoms. The molecule has 0 aliphatic rings. The molecule has 0 fully saturated rings. The van der Waals surface area contributed by atoms with Gasteiger partial charge in [0.25, 0.3) is 0 Å². The second kappa shape index (κ2) is 5.27. The molecule has 0 aliphatic carbocycles. The number of aromatic nitrogens is 2. The first kappa shape index (κ1) is 11.4. The number of thiophene rings is 1. The van der Waals surface area contributed by atoms with Gasteiger partial charge in [-0.3, -0.25) is 0 Å². The lowest BCUT2D eigenvalue weighted by molar-refractivity contribution is 0.968. The molecule has 0 aromatic carbocycles. The van der Waals surface area contributed by atoms with Crippen LogP contribution in [0.15, 0.2) is 24.4 Å². The highest BCUT2D eigenvalue weighted by Crippen LogP contribution is 2.21. The van der Waals surface area contributed by atoms with E-state index >= 15 is 0 Å². The van der Waals surface area contributed by atoms with E-state index in [1.807, 2.05) is 19.1 Å². The van der Waals surface area contributed by atoms with Crippen LogP contribution in [0.25, 0.3) is 0 Å². The average molecular weight is 254 g/mol. The highest BCUT2D eigenvalue weighted by molar-refractivity contribution is 7.16. The fraction of sp³-hybridized carbons (Fsp3) is 0.273. The summed E-state index contributed by atoms with van der Waals surface area (Å²) in [5.41, 5.74) is 1.11. The monoisotopic (exact) mass is 253 g/mol. The predicted octanol–water partition coefficient (Wildman–Crippen LogP) is 3.15. The van der Waals surface area contributed by atoms with Crippen molar-refractivity contribution in [3.8, 4) is 0 Å². The quantitative estimate of drug-likeness (QED) is 0.910. The largest absolute Gasteiger partial charge is 0.368 e. The average Bonchev–Trinajstić information content (AvgIpc) is 2.64. The van der Waals surface area contributed by atoms with Crippen molar-refractivity contribution in [1.82, 2.24) is 10.2 Å². The summed E-state index contributed by atoms with van der Waals surface area (Å²) in [6.07, 6.45) is 2.69. The lowest BCUT2D eigenvalue weighted by atomic mass is 10.3. The molecule has 3 nitrogen and oxygen atoms in total. The molecule has 0 saturated carbocycles. The number of halogens is 1. The maximum atomic E-state index is 5.85. The summed E-state index contributed by atoms with van der Waals surface area (Å²) >= 11 is 7.47. The van der Waals surface area contributed by atoms with Crippen LogP contribution in [0.2, 0.25) is 4.34 Å². The fourth-order valence-electron chi connectivity index (χ4n) is 1.35. The molecule has 2 aromatic heterocycles. The van der Waals surface area contributed by atoms with Gasteiger partial charge in [-0.15, -0.1) is 16.4 Å². The van der Waals surface area contributed by atoms with Crippen LogP contribution in [0.4, 0.5) is 5.82 Å². The molecule has 0 saturated heterocycles. The number of hydrogen-bond donors (Lipinski definition) is 1. The zero-order valence-corrected chi connectivity index (χ0v) is 10.5. The summed E-state index contributed by atoms with van der Waals surface area (Å²) in [6.45, 7) is 2.84. The van der Waals surface area contributed by atoms with Gasteiger partial charge in [0.1, 0.15) is 5.82 Å². The van der Waals surface area contributed by atoms with E-state index in [1.54, 1.807) is 17.5 Å². The molecule has 0 amide bonds. The van der Waals surface area contributed by atoms with Crippen molar-refractivity contribution in [1.29, 1.82) is 0 Å². The van der Waals surface area contributed by atoms with E-state index in [2.05, 4.69) is 21.6 Å². The lowest BCUT2D eigenvalue weighted by Crippen LogP contribution is -2.06. The Kier molecular flexibility index (Phi) is 3.74. The first-order valence-corrected chi connectivity index (χ1v) is 6.21. The van der Waals surface area contributed by atoms with Crippen LogP contribution in [-0.4, -0.2) is 16.7 Å². The fourth-order valence-corrected chi connectivity index (χ4v) is 2.44. The Morgan fingerprint density at radius 1 is 1.44 bits per heavy atom. The van der Waals surface area contributed by atoms with Crippen molar-refractivity contribution in [2.75, 3.05) is 11.9 Å². The van der Waals surface area contributed by atoms with Crippen molar-refractivity contribution in [3.63, 3.8) is 0 Å². The summed E-state index contributed by atoms with van der Waals surface area (Å²) in [6, 6.07) is 5.96. The van der Waals surface area contributed by atoms with Gasteiger partial charge in [-0.1, -0.05) is 11.6 Å². The molecule has 0 bridgehead atoms. The number of nitrogens with zero attached hydrogens (tertiary/aromatic N) is 2. The maximum Gasteiger partial charge on any atom is 0.148 e. The van der Waals surface area contributed by atoms with Crippen LogP contribution in [0, 0.1) is 6.92 Å². The van der Waals surface area contributed by atoms with E-state index < -0.39 is 0 Å². The van der Waals surface area contributed by atoms with Crippen LogP contribution in [0.1, 0.15) is 10.4 Å². The minimum atomic E-state index is 0.822. The molecule has 1 N–H and O–H groups in total. The molecule has 0 atom stereocenters. The minimum absolute atomic E-state index is 0.822. The van der Waals surface area contributed by atoms with Gasteiger partial charge in [0.15, 0.2) is 0 Å². The third kappa shape index (κ3) is 3.18. The number of aryl methyl sites for hydroxylation is 1. The predicted molar refractivity (Wildman–Crippen MR) is 68.3 cm³/mol. The van der Waals surface area contributed by atoms with Gasteiger partial charge < -0.3 is 5.32 Å². The van der Waals surface area contributed by atoms with Gasteiger partial charge >= 0.3 is 0 Å². The van der Waals surface area contributed by atoms with Crippen molar-refractivity contribution >= 4 is 28.8 Å². The van der Waals surface area contributed by atoms with Crippen LogP contribution in [0.5, 0.6) is 0 Å². The van der Waals surface area contributed by atoms with Gasteiger partial charge in [0.05, 0.1) is 10.5 Å². The summed E-state index contributed by atoms with van der Waals surface area (Å²) in [5.74, 6) is 0.822. The van der Waals surface area contributed by atoms with Gasteiger partial charge in [0, 0.05) is 11.4 Å². The summed E-state index contributed by atoms with van der Waals surface area (Å²) in [5, 5.41) is 11.1. The molecule has 2 aromatic rings. The molecule has 0 aliphatic heterocycles. The van der Waals surface area contributed by atoms with Crippen molar-refractivity contribution < 1.29 is 0 Å². The lowest BCUT2D eigenvalue weighted by Gasteiger charge is -2.03. The van der Waals surface area contributed by atoms with Crippen LogP contribution >= 0.6 is 22.9 Å². The standard InChI is InChI=1S/C11H12ClN3S/c1-8-6-11(15-14-7-8)13-5-4-9-2-3-10(12)16-9/h2-3,6-7H,4-5H2,1H3,(H,13,15). The Bertz CT molecular complexity index is 470. The van der Waals surface area contributed by atoms with Crippen molar-refractivity contribution in [2.45, 2.75) is 13.3 Å². The molecule has 2 rings (SSSR count). The van der Waals surface area contributed by atoms with E-state index in [9.17, 15) is 0 Å². The molecular formula is C11H12ClN3S. The topological polar surface area (TPSA) is 37.8 Å². The molecule has 84 valence electrons. The van der Waals surface area contributed by atoms with E-state index in [0.29, 0.717) is 0 Å². The Balaban J connectivity index is 1.84. The van der Waals surface area contributed by atoms with Crippen LogP contribution < -0.4 is 5.32 Å². The van der Waals surface area contributed by atoms with E-state index in [0.717, 1.165) is 28.7 Å². The zero-order valence-electron chi connectivity index (χ0n) is 8.90. The Hall–Kier alpha value is -1.13. The summed E-state index contributed by atoms with van der Waals surface area (Å²) in [7, 11) is 0. The van der Waals surface area contributed by atoms with Gasteiger partial charge in [-0.05, 0) is 37.1 Å². The summed E-state index contributed by atoms with van der Waals surface area (Å²) in [4.78, 5) is 1.28. The molecule has 0 spiro atoms. The number of rotatable bonds is 4.